The van der Waals surface area contributed by atoms with Crippen molar-refractivity contribution >= 4 is 17.7 Å². The first-order valence-electron chi connectivity index (χ1n) is 12.7. The lowest BCUT2D eigenvalue weighted by Crippen LogP contribution is -2.44. The fourth-order valence-corrected chi connectivity index (χ4v) is 7.15. The number of benzene rings is 1. The molecule has 2 aromatic rings. The van der Waals surface area contributed by atoms with E-state index in [2.05, 4.69) is 18.2 Å². The van der Waals surface area contributed by atoms with Gasteiger partial charge in [0.15, 0.2) is 5.16 Å². The fraction of sp³-hybridized carbons (Fsp3) is 0.593. The number of ether oxygens (including phenoxy) is 1. The average Bonchev–Trinajstić information content (AvgIpc) is 2.84. The van der Waals surface area contributed by atoms with Gasteiger partial charge in [0.25, 0.3) is 5.56 Å². The van der Waals surface area contributed by atoms with Gasteiger partial charge in [0.2, 0.25) is 0 Å². The number of rotatable bonds is 5. The van der Waals surface area contributed by atoms with Gasteiger partial charge in [0.05, 0.1) is 23.6 Å². The van der Waals surface area contributed by atoms with Crippen molar-refractivity contribution in [2.45, 2.75) is 94.2 Å². The Balaban J connectivity index is 1.68. The maximum Gasteiger partial charge on any atom is 0.316 e. The van der Waals surface area contributed by atoms with E-state index >= 15 is 0 Å². The zero-order valence-corrected chi connectivity index (χ0v) is 20.4. The molecule has 0 radical (unpaired) electrons. The van der Waals surface area contributed by atoms with Crippen molar-refractivity contribution in [2.24, 2.45) is 0 Å². The molecule has 33 heavy (non-hydrogen) atoms. The molecule has 2 fully saturated rings. The Labute approximate surface area is 200 Å². The number of nitrogens with zero attached hydrogens (tertiary/aromatic N) is 2. The third-order valence-corrected chi connectivity index (χ3v) is 8.72. The summed E-state index contributed by atoms with van der Waals surface area (Å²) in [5.41, 5.74) is 4.25. The van der Waals surface area contributed by atoms with Gasteiger partial charge >= 0.3 is 5.97 Å². The van der Waals surface area contributed by atoms with Crippen LogP contribution in [0.4, 0.5) is 0 Å². The molecule has 0 aliphatic heterocycles. The second-order valence-corrected chi connectivity index (χ2v) is 10.8. The van der Waals surface area contributed by atoms with Crippen LogP contribution in [0.2, 0.25) is 0 Å². The molecule has 176 valence electrons. The molecule has 5 rings (SSSR count). The molecular weight excluding hydrogens is 432 g/mol. The first kappa shape index (κ1) is 22.7. The van der Waals surface area contributed by atoms with Gasteiger partial charge < -0.3 is 4.74 Å². The van der Waals surface area contributed by atoms with Crippen LogP contribution in [0.15, 0.2) is 34.2 Å². The molecule has 0 unspecified atom stereocenters. The fourth-order valence-electron chi connectivity index (χ4n) is 6.29. The smallest absolute Gasteiger partial charge is 0.316 e. The highest BCUT2D eigenvalue weighted by Gasteiger charge is 2.44. The van der Waals surface area contributed by atoms with Crippen LogP contribution in [-0.2, 0) is 21.4 Å². The quantitative estimate of drug-likeness (QED) is 0.315. The van der Waals surface area contributed by atoms with E-state index in [1.807, 2.05) is 17.6 Å². The Hall–Kier alpha value is -2.08. The molecular formula is C27H34N2O3S. The monoisotopic (exact) mass is 466 g/mol. The molecule has 0 N–H and O–H groups in total. The van der Waals surface area contributed by atoms with Crippen LogP contribution in [0.3, 0.4) is 0 Å². The summed E-state index contributed by atoms with van der Waals surface area (Å²) in [5, 5.41) is 0.682. The summed E-state index contributed by atoms with van der Waals surface area (Å²) in [5.74, 6) is -0.0766. The maximum absolute atomic E-state index is 14.4. The van der Waals surface area contributed by atoms with Crippen molar-refractivity contribution in [2.75, 3.05) is 12.4 Å². The second-order valence-electron chi connectivity index (χ2n) is 9.85. The summed E-state index contributed by atoms with van der Waals surface area (Å²) >= 11 is 1.36. The molecule has 2 saturated carbocycles. The zero-order valence-electron chi connectivity index (χ0n) is 19.6. The van der Waals surface area contributed by atoms with Crippen LogP contribution >= 0.6 is 11.8 Å². The van der Waals surface area contributed by atoms with Crippen LogP contribution in [0.25, 0.3) is 11.3 Å². The summed E-state index contributed by atoms with van der Waals surface area (Å²) in [6.07, 6.45) is 12.2. The highest BCUT2D eigenvalue weighted by atomic mass is 32.2. The molecule has 1 aromatic carbocycles. The number of carbonyl (C=O) groups is 1. The van der Waals surface area contributed by atoms with Gasteiger partial charge in [-0.25, -0.2) is 4.98 Å². The van der Waals surface area contributed by atoms with Crippen molar-refractivity contribution in [3.8, 4) is 11.3 Å². The van der Waals surface area contributed by atoms with E-state index in [-0.39, 0.29) is 28.7 Å². The van der Waals surface area contributed by atoms with Crippen molar-refractivity contribution in [1.82, 2.24) is 9.55 Å². The van der Waals surface area contributed by atoms with Gasteiger partial charge in [-0.3, -0.25) is 14.2 Å². The molecule has 0 amide bonds. The molecule has 1 spiro atoms. The van der Waals surface area contributed by atoms with E-state index in [0.29, 0.717) is 11.8 Å². The summed E-state index contributed by atoms with van der Waals surface area (Å²) in [4.78, 5) is 31.7. The van der Waals surface area contributed by atoms with Crippen molar-refractivity contribution in [1.29, 1.82) is 0 Å². The first-order chi connectivity index (χ1) is 16.1. The number of hydrogen-bond acceptors (Lipinski definition) is 5. The van der Waals surface area contributed by atoms with E-state index in [1.54, 1.807) is 0 Å². The van der Waals surface area contributed by atoms with E-state index in [4.69, 9.17) is 9.72 Å². The molecule has 0 saturated heterocycles. The molecule has 0 atom stereocenters. The van der Waals surface area contributed by atoms with Gasteiger partial charge in [0.1, 0.15) is 0 Å². The zero-order chi connectivity index (χ0) is 22.8. The van der Waals surface area contributed by atoms with E-state index in [0.717, 1.165) is 61.8 Å². The van der Waals surface area contributed by atoms with E-state index in [1.165, 1.54) is 43.0 Å². The number of thioether (sulfide) groups is 1. The molecule has 1 aromatic heterocycles. The van der Waals surface area contributed by atoms with E-state index < -0.39 is 0 Å². The van der Waals surface area contributed by atoms with Crippen LogP contribution in [0.1, 0.15) is 88.3 Å². The highest BCUT2D eigenvalue weighted by molar-refractivity contribution is 7.99. The summed E-state index contributed by atoms with van der Waals surface area (Å²) < 4.78 is 7.14. The van der Waals surface area contributed by atoms with Crippen LogP contribution in [-0.4, -0.2) is 27.9 Å². The Bertz CT molecular complexity index is 1080. The summed E-state index contributed by atoms with van der Waals surface area (Å²) in [6, 6.07) is 8.63. The third-order valence-electron chi connectivity index (χ3n) is 7.79. The Morgan fingerprint density at radius 1 is 1.12 bits per heavy atom. The minimum atomic E-state index is -0.256. The number of hydrogen-bond donors (Lipinski definition) is 0. The predicted molar refractivity (Wildman–Crippen MR) is 132 cm³/mol. The highest BCUT2D eigenvalue weighted by Crippen LogP contribution is 2.49. The summed E-state index contributed by atoms with van der Waals surface area (Å²) in [6.45, 7) is 2.18. The Morgan fingerprint density at radius 3 is 2.61 bits per heavy atom. The Kier molecular flexibility index (Phi) is 6.64. The number of aromatic nitrogens is 2. The topological polar surface area (TPSA) is 61.2 Å². The predicted octanol–water partition coefficient (Wildman–Crippen LogP) is 5.83. The van der Waals surface area contributed by atoms with Crippen molar-refractivity contribution < 1.29 is 9.53 Å². The first-order valence-corrected chi connectivity index (χ1v) is 13.7. The van der Waals surface area contributed by atoms with Crippen LogP contribution in [0, 0.1) is 0 Å². The van der Waals surface area contributed by atoms with Crippen molar-refractivity contribution in [3.63, 3.8) is 0 Å². The molecule has 6 heteroatoms. The molecule has 0 bridgehead atoms. The lowest BCUT2D eigenvalue weighted by Gasteiger charge is -2.42. The minimum Gasteiger partial charge on any atom is -0.465 e. The van der Waals surface area contributed by atoms with Gasteiger partial charge in [-0.15, -0.1) is 0 Å². The number of fused-ring (bicyclic) bond motifs is 4. The van der Waals surface area contributed by atoms with Gasteiger partial charge in [-0.1, -0.05) is 74.6 Å². The van der Waals surface area contributed by atoms with Gasteiger partial charge in [-0.05, 0) is 44.6 Å². The largest absolute Gasteiger partial charge is 0.465 e. The molecule has 3 aliphatic rings. The lowest BCUT2D eigenvalue weighted by molar-refractivity contribution is -0.139. The van der Waals surface area contributed by atoms with Crippen molar-refractivity contribution in [3.05, 3.63) is 45.7 Å². The maximum atomic E-state index is 14.4. The summed E-state index contributed by atoms with van der Waals surface area (Å²) in [7, 11) is 0. The standard InChI is InChI=1S/C27H34N2O3S/c1-2-32-22(30)18-33-26-28-24-21-14-8-7-11-19(21)17-27(15-9-4-10-16-27)23(24)25(31)29(26)20-12-5-3-6-13-20/h7-8,11,14,20H,2-6,9-10,12-13,15-18H2,1H3. The van der Waals surface area contributed by atoms with Gasteiger partial charge in [-0.2, -0.15) is 0 Å². The van der Waals surface area contributed by atoms with E-state index in [9.17, 15) is 9.59 Å². The second kappa shape index (κ2) is 9.65. The number of esters is 1. The number of carbonyl (C=O) groups excluding carboxylic acids is 1. The lowest BCUT2D eigenvalue weighted by atomic mass is 9.62. The normalized spacial score (nSPS) is 19.7. The minimum absolute atomic E-state index is 0.104. The van der Waals surface area contributed by atoms with Crippen LogP contribution < -0.4 is 5.56 Å². The van der Waals surface area contributed by atoms with Gasteiger partial charge in [0, 0.05) is 17.0 Å². The van der Waals surface area contributed by atoms with Crippen LogP contribution in [0.5, 0.6) is 0 Å². The average molecular weight is 467 g/mol. The molecule has 3 aliphatic carbocycles. The third kappa shape index (κ3) is 4.27. The SMILES string of the molecule is CCOC(=O)CSc1nc2c(c(=O)n1C1CCCCC1)C1(CCCCC1)Cc1ccccc1-2. The molecule has 1 heterocycles. The Morgan fingerprint density at radius 2 is 1.85 bits per heavy atom. The molecule has 5 nitrogen and oxygen atoms in total.